The van der Waals surface area contributed by atoms with Crippen LogP contribution in [-0.4, -0.2) is 47.8 Å². The lowest BCUT2D eigenvalue weighted by Crippen LogP contribution is -2.51. The zero-order valence-corrected chi connectivity index (χ0v) is 13.3. The Morgan fingerprint density at radius 1 is 1.14 bits per heavy atom. The van der Waals surface area contributed by atoms with Crippen LogP contribution in [0.3, 0.4) is 0 Å². The minimum atomic E-state index is -0.251. The maximum atomic E-state index is 13.0. The van der Waals surface area contributed by atoms with E-state index >= 15 is 0 Å². The van der Waals surface area contributed by atoms with Gasteiger partial charge in [-0.3, -0.25) is 9.59 Å². The molecule has 3 rings (SSSR count). The van der Waals surface area contributed by atoms with Gasteiger partial charge in [0.25, 0.3) is 0 Å². The Morgan fingerprint density at radius 3 is 2.57 bits per heavy atom. The SMILES string of the molecule is CC(=O)N1CCC2(CCCN(CC3CCCCC3)C2=O)C1. The summed E-state index contributed by atoms with van der Waals surface area (Å²) in [5.41, 5.74) is -0.251. The molecular formula is C17H28N2O2. The van der Waals surface area contributed by atoms with Crippen molar-refractivity contribution < 1.29 is 9.59 Å². The van der Waals surface area contributed by atoms with Gasteiger partial charge in [0.2, 0.25) is 11.8 Å². The Morgan fingerprint density at radius 2 is 1.90 bits per heavy atom. The number of amides is 2. The normalized spacial score (nSPS) is 31.2. The second-order valence-electron chi connectivity index (χ2n) is 7.33. The number of nitrogens with zero attached hydrogens (tertiary/aromatic N) is 2. The fraction of sp³-hybridized carbons (Fsp3) is 0.882. The van der Waals surface area contributed by atoms with Gasteiger partial charge in [-0.2, -0.15) is 0 Å². The lowest BCUT2D eigenvalue weighted by Gasteiger charge is -2.41. The van der Waals surface area contributed by atoms with Crippen LogP contribution in [-0.2, 0) is 9.59 Å². The molecule has 0 radical (unpaired) electrons. The first-order chi connectivity index (χ1) is 10.1. The molecule has 1 spiro atoms. The Hall–Kier alpha value is -1.06. The third-order valence-corrected chi connectivity index (χ3v) is 5.83. The third-order valence-electron chi connectivity index (χ3n) is 5.83. The van der Waals surface area contributed by atoms with Crippen LogP contribution in [0.2, 0.25) is 0 Å². The topological polar surface area (TPSA) is 40.6 Å². The zero-order valence-electron chi connectivity index (χ0n) is 13.3. The molecule has 1 atom stereocenters. The van der Waals surface area contributed by atoms with E-state index in [-0.39, 0.29) is 11.3 Å². The predicted molar refractivity (Wildman–Crippen MR) is 81.7 cm³/mol. The predicted octanol–water partition coefficient (Wildman–Crippen LogP) is 2.43. The van der Waals surface area contributed by atoms with Gasteiger partial charge in [0.1, 0.15) is 0 Å². The molecule has 3 fully saturated rings. The van der Waals surface area contributed by atoms with Crippen molar-refractivity contribution in [2.45, 2.75) is 58.3 Å². The summed E-state index contributed by atoms with van der Waals surface area (Å²) in [5, 5.41) is 0. The zero-order chi connectivity index (χ0) is 14.9. The first-order valence-electron chi connectivity index (χ1n) is 8.66. The van der Waals surface area contributed by atoms with Gasteiger partial charge in [0.05, 0.1) is 5.41 Å². The van der Waals surface area contributed by atoms with Crippen LogP contribution in [0.15, 0.2) is 0 Å². The summed E-state index contributed by atoms with van der Waals surface area (Å²) in [6.45, 7) is 4.92. The molecule has 0 bridgehead atoms. The first-order valence-corrected chi connectivity index (χ1v) is 8.66. The number of rotatable bonds is 2. The maximum absolute atomic E-state index is 13.0. The monoisotopic (exact) mass is 292 g/mol. The van der Waals surface area contributed by atoms with E-state index in [9.17, 15) is 9.59 Å². The molecule has 0 aromatic rings. The Bertz CT molecular complexity index is 417. The van der Waals surface area contributed by atoms with Crippen LogP contribution in [0.1, 0.15) is 58.3 Å². The van der Waals surface area contributed by atoms with E-state index in [0.717, 1.165) is 38.9 Å². The number of piperidine rings is 1. The highest BCUT2D eigenvalue weighted by Crippen LogP contribution is 2.40. The van der Waals surface area contributed by atoms with Gasteiger partial charge in [-0.25, -0.2) is 0 Å². The number of hydrogen-bond donors (Lipinski definition) is 0. The molecule has 0 aromatic heterocycles. The molecule has 2 amide bonds. The van der Waals surface area contributed by atoms with Crippen molar-refractivity contribution in [1.29, 1.82) is 0 Å². The quantitative estimate of drug-likeness (QED) is 0.784. The molecule has 118 valence electrons. The third kappa shape index (κ3) is 2.95. The Balaban J connectivity index is 1.65. The molecule has 1 saturated carbocycles. The number of carbonyl (C=O) groups is 2. The summed E-state index contributed by atoms with van der Waals surface area (Å²) in [6.07, 6.45) is 9.54. The molecule has 4 heteroatoms. The highest BCUT2D eigenvalue weighted by atomic mass is 16.2. The first kappa shape index (κ1) is 14.9. The number of likely N-dealkylation sites (tertiary alicyclic amines) is 2. The van der Waals surface area contributed by atoms with Crippen molar-refractivity contribution >= 4 is 11.8 Å². The molecule has 2 aliphatic heterocycles. The minimum absolute atomic E-state index is 0.115. The van der Waals surface area contributed by atoms with Gasteiger partial charge >= 0.3 is 0 Å². The van der Waals surface area contributed by atoms with E-state index in [1.165, 1.54) is 32.1 Å². The van der Waals surface area contributed by atoms with E-state index in [4.69, 9.17) is 0 Å². The van der Waals surface area contributed by atoms with E-state index in [0.29, 0.717) is 18.4 Å². The highest BCUT2D eigenvalue weighted by Gasteiger charge is 2.49. The second kappa shape index (κ2) is 5.98. The number of hydrogen-bond acceptors (Lipinski definition) is 2. The molecule has 4 nitrogen and oxygen atoms in total. The lowest BCUT2D eigenvalue weighted by molar-refractivity contribution is -0.147. The summed E-state index contributed by atoms with van der Waals surface area (Å²) < 4.78 is 0. The lowest BCUT2D eigenvalue weighted by atomic mass is 9.77. The van der Waals surface area contributed by atoms with Crippen LogP contribution in [0.4, 0.5) is 0 Å². The van der Waals surface area contributed by atoms with Crippen LogP contribution >= 0.6 is 0 Å². The average Bonchev–Trinajstić information content (AvgIpc) is 2.91. The molecular weight excluding hydrogens is 264 g/mol. The second-order valence-corrected chi connectivity index (χ2v) is 7.33. The smallest absolute Gasteiger partial charge is 0.230 e. The van der Waals surface area contributed by atoms with Crippen molar-refractivity contribution in [3.05, 3.63) is 0 Å². The molecule has 0 aromatic carbocycles. The van der Waals surface area contributed by atoms with Gasteiger partial charge in [-0.05, 0) is 38.0 Å². The fourth-order valence-electron chi connectivity index (χ4n) is 4.53. The van der Waals surface area contributed by atoms with Crippen molar-refractivity contribution in [3.63, 3.8) is 0 Å². The van der Waals surface area contributed by atoms with Crippen molar-refractivity contribution in [1.82, 2.24) is 9.80 Å². The summed E-state index contributed by atoms with van der Waals surface area (Å²) in [5.74, 6) is 1.16. The van der Waals surface area contributed by atoms with E-state index in [2.05, 4.69) is 4.90 Å². The summed E-state index contributed by atoms with van der Waals surface area (Å²) in [4.78, 5) is 28.5. The molecule has 21 heavy (non-hydrogen) atoms. The van der Waals surface area contributed by atoms with Gasteiger partial charge in [0, 0.05) is 33.1 Å². The van der Waals surface area contributed by atoms with Crippen molar-refractivity contribution in [2.75, 3.05) is 26.2 Å². The van der Waals surface area contributed by atoms with Gasteiger partial charge in [-0.15, -0.1) is 0 Å². The summed E-state index contributed by atoms with van der Waals surface area (Å²) in [7, 11) is 0. The van der Waals surface area contributed by atoms with Crippen molar-refractivity contribution in [3.8, 4) is 0 Å². The van der Waals surface area contributed by atoms with E-state index < -0.39 is 0 Å². The Kier molecular flexibility index (Phi) is 4.23. The molecule has 1 aliphatic carbocycles. The van der Waals surface area contributed by atoms with Crippen LogP contribution in [0, 0.1) is 11.3 Å². The van der Waals surface area contributed by atoms with Crippen molar-refractivity contribution in [2.24, 2.45) is 11.3 Å². The molecule has 2 heterocycles. The minimum Gasteiger partial charge on any atom is -0.342 e. The maximum Gasteiger partial charge on any atom is 0.230 e. The summed E-state index contributed by atoms with van der Waals surface area (Å²) >= 11 is 0. The fourth-order valence-corrected chi connectivity index (χ4v) is 4.53. The molecule has 3 aliphatic rings. The molecule has 0 N–H and O–H groups in total. The average molecular weight is 292 g/mol. The van der Waals surface area contributed by atoms with E-state index in [1.807, 2.05) is 4.90 Å². The van der Waals surface area contributed by atoms with Gasteiger partial charge in [-0.1, -0.05) is 19.3 Å². The van der Waals surface area contributed by atoms with Gasteiger partial charge < -0.3 is 9.80 Å². The highest BCUT2D eigenvalue weighted by molar-refractivity contribution is 5.85. The van der Waals surface area contributed by atoms with Crippen LogP contribution in [0.5, 0.6) is 0 Å². The van der Waals surface area contributed by atoms with Crippen LogP contribution in [0.25, 0.3) is 0 Å². The van der Waals surface area contributed by atoms with Gasteiger partial charge in [0.15, 0.2) is 0 Å². The van der Waals surface area contributed by atoms with Crippen LogP contribution < -0.4 is 0 Å². The molecule has 1 unspecified atom stereocenters. The Labute approximate surface area is 127 Å². The largest absolute Gasteiger partial charge is 0.342 e. The standard InChI is InChI=1S/C17H28N2O2/c1-14(20)19-11-9-17(13-19)8-5-10-18(16(17)21)12-15-6-3-2-4-7-15/h15H,2-13H2,1H3. The van der Waals surface area contributed by atoms with E-state index in [1.54, 1.807) is 6.92 Å². The summed E-state index contributed by atoms with van der Waals surface area (Å²) in [6, 6.07) is 0. The number of carbonyl (C=O) groups excluding carboxylic acids is 2. The molecule has 2 saturated heterocycles.